The average Bonchev–Trinajstić information content (AvgIpc) is 2.89. The molecule has 1 aliphatic heterocycles. The predicted octanol–water partition coefficient (Wildman–Crippen LogP) is 2.77. The van der Waals surface area contributed by atoms with Crippen molar-refractivity contribution in [3.63, 3.8) is 0 Å². The molecule has 0 radical (unpaired) electrons. The molecule has 0 aliphatic carbocycles. The number of hydrogen-bond donors (Lipinski definition) is 1. The largest absolute Gasteiger partial charge is 0.367 e. The lowest BCUT2D eigenvalue weighted by Crippen LogP contribution is -2.37. The molecule has 1 fully saturated rings. The van der Waals surface area contributed by atoms with Crippen molar-refractivity contribution in [3.05, 3.63) is 29.6 Å². The molecule has 0 aromatic heterocycles. The minimum Gasteiger partial charge on any atom is -0.367 e. The summed E-state index contributed by atoms with van der Waals surface area (Å²) in [7, 11) is 0. The predicted molar refractivity (Wildman–Crippen MR) is 82.5 cm³/mol. The maximum absolute atomic E-state index is 14.2. The topological polar surface area (TPSA) is 32.5 Å². The van der Waals surface area contributed by atoms with E-state index >= 15 is 0 Å². The van der Waals surface area contributed by atoms with Crippen LogP contribution in [0.5, 0.6) is 0 Å². The van der Waals surface area contributed by atoms with Crippen molar-refractivity contribution in [1.82, 2.24) is 4.90 Å². The highest BCUT2D eigenvalue weighted by Gasteiger charge is 2.29. The summed E-state index contributed by atoms with van der Waals surface area (Å²) < 4.78 is 14.2. The number of benzene rings is 1. The first-order valence-corrected chi connectivity index (χ1v) is 7.61. The lowest BCUT2D eigenvalue weighted by atomic mass is 10.1. The summed E-state index contributed by atoms with van der Waals surface area (Å²) in [5.74, 6) is -0.153. The van der Waals surface area contributed by atoms with E-state index in [0.717, 1.165) is 38.2 Å². The van der Waals surface area contributed by atoms with E-state index in [1.54, 1.807) is 6.07 Å². The number of nitrogens with two attached hydrogens (primary N) is 1. The van der Waals surface area contributed by atoms with Gasteiger partial charge in [0.1, 0.15) is 5.82 Å². The minimum atomic E-state index is -0.153. The van der Waals surface area contributed by atoms with Crippen molar-refractivity contribution >= 4 is 5.69 Å². The summed E-state index contributed by atoms with van der Waals surface area (Å²) >= 11 is 0. The van der Waals surface area contributed by atoms with Crippen LogP contribution >= 0.6 is 0 Å². The molecule has 1 aromatic rings. The maximum Gasteiger partial charge on any atom is 0.146 e. The zero-order valence-corrected chi connectivity index (χ0v) is 12.8. The van der Waals surface area contributed by atoms with Gasteiger partial charge in [-0.05, 0) is 38.1 Å². The highest BCUT2D eigenvalue weighted by molar-refractivity contribution is 5.57. The first-order chi connectivity index (χ1) is 9.58. The fraction of sp³-hybridized carbons (Fsp3) is 0.625. The number of anilines is 1. The Balaban J connectivity index is 2.22. The molecule has 1 saturated heterocycles. The fourth-order valence-corrected chi connectivity index (χ4v) is 3.22. The Morgan fingerprint density at radius 3 is 2.70 bits per heavy atom. The molecule has 1 aromatic carbocycles. The molecule has 2 atom stereocenters. The second-order valence-electron chi connectivity index (χ2n) is 5.58. The van der Waals surface area contributed by atoms with Crippen LogP contribution in [-0.4, -0.2) is 37.1 Å². The van der Waals surface area contributed by atoms with Gasteiger partial charge in [-0.3, -0.25) is 4.90 Å². The summed E-state index contributed by atoms with van der Waals surface area (Å²) in [5.41, 5.74) is 7.61. The molecule has 4 heteroatoms. The highest BCUT2D eigenvalue weighted by atomic mass is 19.1. The van der Waals surface area contributed by atoms with Crippen LogP contribution in [0.15, 0.2) is 18.2 Å². The number of nitrogens with zero attached hydrogens (tertiary/aromatic N) is 2. The van der Waals surface area contributed by atoms with Gasteiger partial charge < -0.3 is 10.6 Å². The molecule has 20 heavy (non-hydrogen) atoms. The molecule has 0 amide bonds. The third-order valence-corrected chi connectivity index (χ3v) is 4.32. The van der Waals surface area contributed by atoms with Crippen molar-refractivity contribution in [2.75, 3.05) is 31.1 Å². The molecule has 0 spiro atoms. The van der Waals surface area contributed by atoms with Crippen LogP contribution in [-0.2, 0) is 0 Å². The Morgan fingerprint density at radius 2 is 2.10 bits per heavy atom. The molecule has 1 aliphatic rings. The Morgan fingerprint density at radius 1 is 1.40 bits per heavy atom. The van der Waals surface area contributed by atoms with Crippen LogP contribution in [0.2, 0.25) is 0 Å². The van der Waals surface area contributed by atoms with E-state index in [4.69, 9.17) is 5.73 Å². The molecule has 2 N–H and O–H groups in total. The van der Waals surface area contributed by atoms with Gasteiger partial charge in [0, 0.05) is 25.2 Å². The number of para-hydroxylation sites is 1. The van der Waals surface area contributed by atoms with Crippen LogP contribution in [0, 0.1) is 5.82 Å². The normalized spacial score (nSPS) is 20.7. The Kier molecular flexibility index (Phi) is 5.00. The Bertz CT molecular complexity index is 443. The zero-order valence-electron chi connectivity index (χ0n) is 12.8. The van der Waals surface area contributed by atoms with Gasteiger partial charge in [0.05, 0.1) is 5.69 Å². The summed E-state index contributed by atoms with van der Waals surface area (Å²) in [5, 5.41) is 0. The van der Waals surface area contributed by atoms with E-state index < -0.39 is 0 Å². The van der Waals surface area contributed by atoms with Gasteiger partial charge in [-0.2, -0.15) is 0 Å². The molecule has 1 heterocycles. The Hall–Kier alpha value is -1.13. The van der Waals surface area contributed by atoms with Gasteiger partial charge >= 0.3 is 0 Å². The summed E-state index contributed by atoms with van der Waals surface area (Å²) in [6.07, 6.45) is 1.09. The van der Waals surface area contributed by atoms with Gasteiger partial charge in [-0.25, -0.2) is 4.39 Å². The van der Waals surface area contributed by atoms with Crippen molar-refractivity contribution in [3.8, 4) is 0 Å². The number of likely N-dealkylation sites (N-methyl/N-ethyl adjacent to an activating group) is 1. The second kappa shape index (κ2) is 6.55. The molecular weight excluding hydrogens is 253 g/mol. The van der Waals surface area contributed by atoms with Crippen LogP contribution in [0.25, 0.3) is 0 Å². The van der Waals surface area contributed by atoms with Crippen molar-refractivity contribution in [1.29, 1.82) is 0 Å². The van der Waals surface area contributed by atoms with Crippen molar-refractivity contribution < 1.29 is 4.39 Å². The smallest absolute Gasteiger partial charge is 0.146 e. The third-order valence-electron chi connectivity index (χ3n) is 4.32. The highest BCUT2D eigenvalue weighted by Crippen LogP contribution is 2.31. The fourth-order valence-electron chi connectivity index (χ4n) is 3.22. The van der Waals surface area contributed by atoms with E-state index in [1.165, 1.54) is 6.07 Å². The quantitative estimate of drug-likeness (QED) is 0.899. The van der Waals surface area contributed by atoms with E-state index in [2.05, 4.69) is 23.6 Å². The zero-order chi connectivity index (χ0) is 14.7. The number of halogens is 1. The van der Waals surface area contributed by atoms with Crippen LogP contribution in [0.1, 0.15) is 38.8 Å². The standard InChI is InChI=1S/C16H26FN3/c1-4-19(5-2)13-9-10-20(11-13)16-14(12(3)18)7-6-8-15(16)17/h6-8,12-13H,4-5,9-11,18H2,1-3H3/t12-,13?/m0/s1. The van der Waals surface area contributed by atoms with Gasteiger partial charge in [0.15, 0.2) is 0 Å². The summed E-state index contributed by atoms with van der Waals surface area (Å²) in [6, 6.07) is 5.59. The van der Waals surface area contributed by atoms with Gasteiger partial charge in [0.25, 0.3) is 0 Å². The molecule has 2 rings (SSSR count). The first-order valence-electron chi connectivity index (χ1n) is 7.61. The molecule has 1 unspecified atom stereocenters. The molecular formula is C16H26FN3. The Labute approximate surface area is 121 Å². The van der Waals surface area contributed by atoms with Crippen molar-refractivity contribution in [2.45, 2.75) is 39.3 Å². The van der Waals surface area contributed by atoms with Gasteiger partial charge in [-0.15, -0.1) is 0 Å². The first kappa shape index (κ1) is 15.3. The second-order valence-corrected chi connectivity index (χ2v) is 5.58. The minimum absolute atomic E-state index is 0.145. The monoisotopic (exact) mass is 279 g/mol. The average molecular weight is 279 g/mol. The summed E-state index contributed by atoms with van der Waals surface area (Å²) in [4.78, 5) is 4.61. The van der Waals surface area contributed by atoms with Crippen LogP contribution in [0.4, 0.5) is 10.1 Å². The SMILES string of the molecule is CCN(CC)C1CCN(c2c(F)cccc2[C@H](C)N)C1. The third kappa shape index (κ3) is 2.96. The number of rotatable bonds is 5. The molecule has 3 nitrogen and oxygen atoms in total. The van der Waals surface area contributed by atoms with Gasteiger partial charge in [-0.1, -0.05) is 26.0 Å². The van der Waals surface area contributed by atoms with E-state index in [0.29, 0.717) is 11.7 Å². The lowest BCUT2D eigenvalue weighted by Gasteiger charge is -2.28. The lowest BCUT2D eigenvalue weighted by molar-refractivity contribution is 0.232. The van der Waals surface area contributed by atoms with E-state index in [1.807, 2.05) is 13.0 Å². The van der Waals surface area contributed by atoms with E-state index in [-0.39, 0.29) is 11.9 Å². The maximum atomic E-state index is 14.2. The van der Waals surface area contributed by atoms with Crippen LogP contribution in [0.3, 0.4) is 0 Å². The molecule has 0 saturated carbocycles. The summed E-state index contributed by atoms with van der Waals surface area (Å²) in [6.45, 7) is 10.2. The molecule has 0 bridgehead atoms. The molecule has 112 valence electrons. The van der Waals surface area contributed by atoms with E-state index in [9.17, 15) is 4.39 Å². The van der Waals surface area contributed by atoms with Crippen LogP contribution < -0.4 is 10.6 Å². The van der Waals surface area contributed by atoms with Gasteiger partial charge in [0.2, 0.25) is 0 Å². The number of hydrogen-bond acceptors (Lipinski definition) is 3. The van der Waals surface area contributed by atoms with Crippen molar-refractivity contribution in [2.24, 2.45) is 5.73 Å².